The summed E-state index contributed by atoms with van der Waals surface area (Å²) in [5.74, 6) is 8.66. The van der Waals surface area contributed by atoms with Crippen LogP contribution in [0.5, 0.6) is 0 Å². The highest BCUT2D eigenvalue weighted by Crippen LogP contribution is 2.29. The van der Waals surface area contributed by atoms with Gasteiger partial charge in [0, 0.05) is 56.8 Å². The molecule has 57 heavy (non-hydrogen) atoms. The van der Waals surface area contributed by atoms with Gasteiger partial charge in [0.1, 0.15) is 24.0 Å². The van der Waals surface area contributed by atoms with Gasteiger partial charge in [0.25, 0.3) is 0 Å². The van der Waals surface area contributed by atoms with Crippen LogP contribution in [0.1, 0.15) is 79.1 Å². The molecule has 6 aromatic carbocycles. The summed E-state index contributed by atoms with van der Waals surface area (Å²) in [6, 6.07) is 52.9. The molecule has 9 heteroatoms. The lowest BCUT2D eigenvalue weighted by Crippen LogP contribution is -2.33. The first-order valence-electron chi connectivity index (χ1n) is 19.3. The number of rotatable bonds is 0. The Kier molecular flexibility index (Phi) is 10.3. The van der Waals surface area contributed by atoms with Gasteiger partial charge in [-0.15, -0.1) is 0 Å². The minimum absolute atomic E-state index is 0.254. The standard InChI is InChI=1S/C48H40N6S3/c1-13-37-14-2-31(1)25-55-26-32-3-15-40(16-4-32)46-52-47-41-21-9-35(10-22-41)29-56-27-33-5-17-38(18-6-33)44-49-43(37)50-45(51-44)39-19-7-34(8-20-39)28-57-30-36-11-23-42(24-12-36)48(53-46)54-47/h1-24,43,46H,25-30H2,(H,49,50,51)(H,52,53,54)/t43-,46+. The van der Waals surface area contributed by atoms with Crippen molar-refractivity contribution >= 4 is 58.6 Å². The summed E-state index contributed by atoms with van der Waals surface area (Å²) in [5.41, 5.74) is 14.1. The van der Waals surface area contributed by atoms with Crippen LogP contribution in [0.15, 0.2) is 166 Å². The molecule has 0 radical (unpaired) electrons. The largest absolute Gasteiger partial charge is 0.344 e. The van der Waals surface area contributed by atoms with E-state index in [0.29, 0.717) is 0 Å². The fourth-order valence-electron chi connectivity index (χ4n) is 7.26. The third-order valence-electron chi connectivity index (χ3n) is 10.6. The Bertz CT molecular complexity index is 2330. The van der Waals surface area contributed by atoms with Gasteiger partial charge < -0.3 is 10.6 Å². The molecule has 6 aromatic rings. The molecule has 35 rings (SSSR count). The van der Waals surface area contributed by atoms with Crippen molar-refractivity contribution in [3.05, 3.63) is 212 Å². The predicted octanol–water partition coefficient (Wildman–Crippen LogP) is 10.6. The summed E-state index contributed by atoms with van der Waals surface area (Å²) in [7, 11) is 0. The van der Waals surface area contributed by atoms with E-state index in [4.69, 9.17) is 20.0 Å². The SMILES string of the molecule is c1cc2ccc1CSCc1ccc(cc1)C1=N[C@H]3NC(=N1)c1ccc(cc1)CSCc1ccc(cc1)C1=NC2=N[C@H](N1)c1ccc(cc1)CSCc1ccc3cc1. The van der Waals surface area contributed by atoms with Crippen molar-refractivity contribution in [3.63, 3.8) is 0 Å². The van der Waals surface area contributed by atoms with Crippen LogP contribution in [-0.4, -0.2) is 23.3 Å². The monoisotopic (exact) mass is 796 g/mol. The van der Waals surface area contributed by atoms with Gasteiger partial charge in [-0.3, -0.25) is 0 Å². The Morgan fingerprint density at radius 1 is 0.333 bits per heavy atom. The second-order valence-electron chi connectivity index (χ2n) is 14.7. The van der Waals surface area contributed by atoms with Gasteiger partial charge >= 0.3 is 0 Å². The zero-order valence-corrected chi connectivity index (χ0v) is 33.7. The number of hydrogen-bond donors (Lipinski definition) is 2. The lowest BCUT2D eigenvalue weighted by molar-refractivity contribution is 0.674. The van der Waals surface area contributed by atoms with Crippen LogP contribution in [0.3, 0.4) is 0 Å². The van der Waals surface area contributed by atoms with E-state index in [-0.39, 0.29) is 12.3 Å². The fraction of sp³-hybridized carbons (Fsp3) is 0.167. The van der Waals surface area contributed by atoms with Crippen molar-refractivity contribution in [2.24, 2.45) is 20.0 Å². The molecule has 280 valence electrons. The van der Waals surface area contributed by atoms with Crippen LogP contribution in [0.2, 0.25) is 0 Å². The van der Waals surface area contributed by atoms with E-state index in [1.165, 1.54) is 33.4 Å². The van der Waals surface area contributed by atoms with Crippen molar-refractivity contribution in [3.8, 4) is 0 Å². The van der Waals surface area contributed by atoms with Crippen LogP contribution in [0.25, 0.3) is 0 Å². The maximum Gasteiger partial charge on any atom is 0.159 e. The van der Waals surface area contributed by atoms with Gasteiger partial charge in [-0.1, -0.05) is 146 Å². The second kappa shape index (κ2) is 16.3. The van der Waals surface area contributed by atoms with Crippen molar-refractivity contribution in [2.45, 2.75) is 46.8 Å². The van der Waals surface area contributed by atoms with Crippen LogP contribution in [0, 0.1) is 0 Å². The van der Waals surface area contributed by atoms with Crippen molar-refractivity contribution in [1.82, 2.24) is 10.6 Å². The number of aliphatic imine (C=N–C) groups is 4. The van der Waals surface area contributed by atoms with Crippen molar-refractivity contribution < 1.29 is 0 Å². The van der Waals surface area contributed by atoms with Crippen LogP contribution in [-0.2, 0) is 34.5 Å². The molecule has 0 saturated heterocycles. The lowest BCUT2D eigenvalue weighted by Gasteiger charge is -2.24. The van der Waals surface area contributed by atoms with Crippen LogP contribution in [0.4, 0.5) is 0 Å². The van der Waals surface area contributed by atoms with E-state index < -0.39 is 0 Å². The molecular formula is C48H40N6S3. The second-order valence-corrected chi connectivity index (χ2v) is 17.6. The first-order chi connectivity index (χ1) is 28.1. The summed E-state index contributed by atoms with van der Waals surface area (Å²) in [4.78, 5) is 20.6. The van der Waals surface area contributed by atoms with Gasteiger partial charge in [-0.25, -0.2) is 20.0 Å². The maximum atomic E-state index is 5.18. The highest BCUT2D eigenvalue weighted by atomic mass is 32.2. The Morgan fingerprint density at radius 2 is 0.596 bits per heavy atom. The Labute approximate surface area is 346 Å². The first kappa shape index (κ1) is 36.0. The number of thioether (sulfide) groups is 3. The molecule has 29 heterocycles. The van der Waals surface area contributed by atoms with E-state index in [0.717, 1.165) is 91.2 Å². The molecule has 2 atom stereocenters. The average molecular weight is 797 g/mol. The summed E-state index contributed by atoms with van der Waals surface area (Å²) in [6.45, 7) is 0. The molecule has 29 aliphatic heterocycles. The highest BCUT2D eigenvalue weighted by Gasteiger charge is 2.23. The molecular weight excluding hydrogens is 757 g/mol. The summed E-state index contributed by atoms with van der Waals surface area (Å²) in [6.07, 6.45) is -0.507. The van der Waals surface area contributed by atoms with Gasteiger partial charge in [-0.2, -0.15) is 35.3 Å². The molecule has 18 bridgehead atoms. The lowest BCUT2D eigenvalue weighted by atomic mass is 10.1. The summed E-state index contributed by atoms with van der Waals surface area (Å²) >= 11 is 5.75. The highest BCUT2D eigenvalue weighted by molar-refractivity contribution is 7.98. The first-order valence-corrected chi connectivity index (χ1v) is 22.8. The minimum atomic E-state index is -0.254. The quantitative estimate of drug-likeness (QED) is 0.160. The maximum absolute atomic E-state index is 5.18. The molecule has 0 spiro atoms. The summed E-state index contributed by atoms with van der Waals surface area (Å²) in [5, 5.41) is 7.34. The number of benzene rings is 6. The third kappa shape index (κ3) is 8.24. The summed E-state index contributed by atoms with van der Waals surface area (Å²) < 4.78 is 0. The number of nitrogens with one attached hydrogen (secondary N) is 2. The number of amidine groups is 4. The molecule has 0 aliphatic carbocycles. The molecule has 0 fully saturated rings. The Hall–Kier alpha value is -5.35. The van der Waals surface area contributed by atoms with Gasteiger partial charge in [0.15, 0.2) is 11.7 Å². The van der Waals surface area contributed by atoms with E-state index in [2.05, 4.69) is 156 Å². The minimum Gasteiger partial charge on any atom is -0.344 e. The average Bonchev–Trinajstić information content (AvgIpc) is 3.27. The molecule has 29 aliphatic rings. The van der Waals surface area contributed by atoms with Crippen molar-refractivity contribution in [2.75, 3.05) is 0 Å². The zero-order chi connectivity index (χ0) is 38.0. The zero-order valence-electron chi connectivity index (χ0n) is 31.3. The normalized spacial score (nSPS) is 18.9. The molecule has 6 nitrogen and oxygen atoms in total. The van der Waals surface area contributed by atoms with E-state index in [9.17, 15) is 0 Å². The number of hydrogen-bond acceptors (Lipinski definition) is 9. The molecule has 0 aromatic heterocycles. The molecule has 0 saturated carbocycles. The van der Waals surface area contributed by atoms with E-state index >= 15 is 0 Å². The smallest absolute Gasteiger partial charge is 0.159 e. The van der Waals surface area contributed by atoms with Crippen molar-refractivity contribution in [1.29, 1.82) is 0 Å². The van der Waals surface area contributed by atoms with E-state index in [1.54, 1.807) is 0 Å². The topological polar surface area (TPSA) is 73.5 Å². The van der Waals surface area contributed by atoms with Gasteiger partial charge in [0.05, 0.1) is 0 Å². The Morgan fingerprint density at radius 3 is 0.895 bits per heavy atom. The molecule has 2 N–H and O–H groups in total. The number of nitrogens with zero attached hydrogens (tertiary/aromatic N) is 4. The molecule has 0 unspecified atom stereocenters. The fourth-order valence-corrected chi connectivity index (χ4v) is 10.1. The predicted molar refractivity (Wildman–Crippen MR) is 242 cm³/mol. The van der Waals surface area contributed by atoms with Crippen LogP contribution < -0.4 is 10.6 Å². The Balaban J connectivity index is 1.06. The van der Waals surface area contributed by atoms with Gasteiger partial charge in [0.2, 0.25) is 0 Å². The third-order valence-corrected chi connectivity index (χ3v) is 13.8. The molecule has 0 amide bonds. The van der Waals surface area contributed by atoms with E-state index in [1.807, 2.05) is 35.3 Å². The van der Waals surface area contributed by atoms with Gasteiger partial charge in [-0.05, 0) is 44.5 Å². The van der Waals surface area contributed by atoms with Crippen LogP contribution >= 0.6 is 35.3 Å².